The Morgan fingerprint density at radius 2 is 1.76 bits per heavy atom. The molecule has 0 saturated heterocycles. The Bertz CT molecular complexity index is 1530. The smallest absolute Gasteiger partial charge is 0.248 e. The van der Waals surface area contributed by atoms with E-state index in [9.17, 15) is 4.79 Å². The van der Waals surface area contributed by atoms with Crippen LogP contribution in [0, 0.1) is 6.92 Å². The molecule has 0 atom stereocenters. The van der Waals surface area contributed by atoms with Crippen LogP contribution in [0.1, 0.15) is 11.3 Å². The number of carbonyl (C=O) groups is 1. The minimum Gasteiger partial charge on any atom is -0.457 e. The summed E-state index contributed by atoms with van der Waals surface area (Å²) in [5.41, 5.74) is 4.24. The molecule has 0 saturated carbocycles. The van der Waals surface area contributed by atoms with Gasteiger partial charge in [-0.2, -0.15) is 0 Å². The summed E-state index contributed by atoms with van der Waals surface area (Å²) in [7, 11) is 0. The SMILES string of the molecule is Cc1ccc(-c2nc3cc(Cl)cc(Cl)c3o2)cc1NC(=O)/C=C/c1ccc(-c2ccccc2)o1. The molecule has 1 N–H and O–H groups in total. The van der Waals surface area contributed by atoms with E-state index in [0.29, 0.717) is 44.0 Å². The minimum absolute atomic E-state index is 0.287. The van der Waals surface area contributed by atoms with Gasteiger partial charge in [0.05, 0.1) is 5.02 Å². The van der Waals surface area contributed by atoms with Crippen LogP contribution in [-0.4, -0.2) is 10.9 Å². The van der Waals surface area contributed by atoms with Gasteiger partial charge >= 0.3 is 0 Å². The quantitative estimate of drug-likeness (QED) is 0.254. The molecule has 0 aliphatic rings. The van der Waals surface area contributed by atoms with E-state index in [1.165, 1.54) is 6.08 Å². The zero-order valence-corrected chi connectivity index (χ0v) is 19.5. The third kappa shape index (κ3) is 4.62. The largest absolute Gasteiger partial charge is 0.457 e. The lowest BCUT2D eigenvalue weighted by molar-refractivity contribution is -0.111. The van der Waals surface area contributed by atoms with Crippen molar-refractivity contribution in [3.63, 3.8) is 0 Å². The summed E-state index contributed by atoms with van der Waals surface area (Å²) in [4.78, 5) is 17.1. The first kappa shape index (κ1) is 22.0. The number of hydrogen-bond donors (Lipinski definition) is 1. The lowest BCUT2D eigenvalue weighted by atomic mass is 10.1. The number of halogens is 2. The molecule has 0 aliphatic carbocycles. The van der Waals surface area contributed by atoms with Crippen molar-refractivity contribution in [1.82, 2.24) is 4.98 Å². The molecule has 1 amide bonds. The molecule has 7 heteroatoms. The monoisotopic (exact) mass is 488 g/mol. The molecule has 5 rings (SSSR count). The van der Waals surface area contributed by atoms with Crippen LogP contribution in [-0.2, 0) is 4.79 Å². The summed E-state index contributed by atoms with van der Waals surface area (Å²) >= 11 is 12.3. The van der Waals surface area contributed by atoms with Crippen molar-refractivity contribution in [1.29, 1.82) is 0 Å². The molecule has 0 radical (unpaired) electrons. The van der Waals surface area contributed by atoms with Gasteiger partial charge < -0.3 is 14.2 Å². The molecular weight excluding hydrogens is 471 g/mol. The Kier molecular flexibility index (Phi) is 5.97. The van der Waals surface area contributed by atoms with Gasteiger partial charge in [0.25, 0.3) is 0 Å². The van der Waals surface area contributed by atoms with Crippen molar-refractivity contribution in [3.8, 4) is 22.8 Å². The van der Waals surface area contributed by atoms with Crippen molar-refractivity contribution in [3.05, 3.63) is 100 Å². The number of benzene rings is 3. The van der Waals surface area contributed by atoms with Crippen molar-refractivity contribution in [2.45, 2.75) is 6.92 Å². The van der Waals surface area contributed by atoms with Gasteiger partial charge in [0.1, 0.15) is 17.0 Å². The maximum atomic E-state index is 12.6. The fraction of sp³-hybridized carbons (Fsp3) is 0.0370. The number of amides is 1. The number of oxazole rings is 1. The Balaban J connectivity index is 1.34. The van der Waals surface area contributed by atoms with E-state index >= 15 is 0 Å². The van der Waals surface area contributed by atoms with E-state index in [0.717, 1.165) is 16.9 Å². The average Bonchev–Trinajstić information content (AvgIpc) is 3.47. The highest BCUT2D eigenvalue weighted by Gasteiger charge is 2.14. The van der Waals surface area contributed by atoms with Gasteiger partial charge in [-0.3, -0.25) is 4.79 Å². The zero-order valence-electron chi connectivity index (χ0n) is 18.0. The molecule has 168 valence electrons. The van der Waals surface area contributed by atoms with E-state index in [1.54, 1.807) is 18.2 Å². The molecule has 0 spiro atoms. The van der Waals surface area contributed by atoms with Crippen LogP contribution in [0.5, 0.6) is 0 Å². The normalized spacial score (nSPS) is 11.4. The van der Waals surface area contributed by atoms with Gasteiger partial charge in [0.15, 0.2) is 5.58 Å². The lowest BCUT2D eigenvalue weighted by Crippen LogP contribution is -2.09. The van der Waals surface area contributed by atoms with Gasteiger partial charge in [-0.15, -0.1) is 0 Å². The molecule has 0 bridgehead atoms. The number of rotatable bonds is 5. The fourth-order valence-corrected chi connectivity index (χ4v) is 4.03. The number of furan rings is 1. The summed E-state index contributed by atoms with van der Waals surface area (Å²) in [6.07, 6.45) is 3.06. The third-order valence-electron chi connectivity index (χ3n) is 5.24. The molecule has 3 aromatic carbocycles. The Labute approximate surface area is 205 Å². The first-order valence-corrected chi connectivity index (χ1v) is 11.2. The van der Waals surface area contributed by atoms with E-state index < -0.39 is 0 Å². The number of fused-ring (bicyclic) bond motifs is 1. The topological polar surface area (TPSA) is 68.3 Å². The predicted molar refractivity (Wildman–Crippen MR) is 136 cm³/mol. The highest BCUT2D eigenvalue weighted by atomic mass is 35.5. The van der Waals surface area contributed by atoms with Crippen molar-refractivity contribution < 1.29 is 13.6 Å². The number of aromatic nitrogens is 1. The van der Waals surface area contributed by atoms with Gasteiger partial charge in [0.2, 0.25) is 11.8 Å². The van der Waals surface area contributed by atoms with E-state index in [1.807, 2.05) is 67.6 Å². The van der Waals surface area contributed by atoms with Crippen molar-refractivity contribution in [2.75, 3.05) is 5.32 Å². The average molecular weight is 489 g/mol. The molecule has 5 aromatic rings. The number of carbonyl (C=O) groups excluding carboxylic acids is 1. The summed E-state index contributed by atoms with van der Waals surface area (Å²) in [5, 5.41) is 3.77. The van der Waals surface area contributed by atoms with Crippen LogP contribution in [0.3, 0.4) is 0 Å². The summed E-state index contributed by atoms with van der Waals surface area (Å²) in [6.45, 7) is 1.91. The molecule has 0 fully saturated rings. The summed E-state index contributed by atoms with van der Waals surface area (Å²) in [5.74, 6) is 1.42. The highest BCUT2D eigenvalue weighted by molar-refractivity contribution is 6.38. The second-order valence-corrected chi connectivity index (χ2v) is 8.52. The first-order valence-electron chi connectivity index (χ1n) is 10.5. The van der Waals surface area contributed by atoms with Crippen LogP contribution in [0.15, 0.2) is 87.7 Å². The first-order chi connectivity index (χ1) is 16.5. The van der Waals surface area contributed by atoms with Crippen LogP contribution >= 0.6 is 23.2 Å². The Morgan fingerprint density at radius 1 is 0.941 bits per heavy atom. The lowest BCUT2D eigenvalue weighted by Gasteiger charge is -2.07. The van der Waals surface area contributed by atoms with Crippen LogP contribution in [0.4, 0.5) is 5.69 Å². The van der Waals surface area contributed by atoms with Crippen molar-refractivity contribution >= 4 is 52.0 Å². The van der Waals surface area contributed by atoms with Gasteiger partial charge in [-0.1, -0.05) is 59.6 Å². The van der Waals surface area contributed by atoms with Crippen molar-refractivity contribution in [2.24, 2.45) is 0 Å². The number of anilines is 1. The molecule has 5 nitrogen and oxygen atoms in total. The summed E-state index contributed by atoms with van der Waals surface area (Å²) < 4.78 is 11.7. The van der Waals surface area contributed by atoms with Crippen LogP contribution in [0.2, 0.25) is 10.0 Å². The van der Waals surface area contributed by atoms with Gasteiger partial charge in [-0.05, 0) is 55.0 Å². The maximum absolute atomic E-state index is 12.6. The molecule has 2 aromatic heterocycles. The van der Waals surface area contributed by atoms with E-state index in [-0.39, 0.29) is 5.91 Å². The number of nitrogens with one attached hydrogen (secondary N) is 1. The predicted octanol–water partition coefficient (Wildman–Crippen LogP) is 8.02. The zero-order chi connectivity index (χ0) is 23.7. The van der Waals surface area contributed by atoms with E-state index in [4.69, 9.17) is 32.0 Å². The Morgan fingerprint density at radius 3 is 2.59 bits per heavy atom. The molecular formula is C27H18Cl2N2O3. The molecule has 0 unspecified atom stereocenters. The fourth-order valence-electron chi connectivity index (χ4n) is 3.51. The molecule has 34 heavy (non-hydrogen) atoms. The second kappa shape index (κ2) is 9.21. The van der Waals surface area contributed by atoms with Crippen LogP contribution < -0.4 is 5.32 Å². The summed E-state index contributed by atoms with van der Waals surface area (Å²) in [6, 6.07) is 22.3. The number of nitrogens with zero attached hydrogens (tertiary/aromatic N) is 1. The van der Waals surface area contributed by atoms with Gasteiger partial charge in [-0.25, -0.2) is 4.98 Å². The Hall–Kier alpha value is -3.80. The van der Waals surface area contributed by atoms with Gasteiger partial charge in [0, 0.05) is 27.9 Å². The maximum Gasteiger partial charge on any atom is 0.248 e. The van der Waals surface area contributed by atoms with E-state index in [2.05, 4.69) is 10.3 Å². The second-order valence-electron chi connectivity index (χ2n) is 7.68. The van der Waals surface area contributed by atoms with Crippen LogP contribution in [0.25, 0.3) is 40.0 Å². The highest BCUT2D eigenvalue weighted by Crippen LogP contribution is 2.33. The number of aryl methyl sites for hydroxylation is 1. The number of hydrogen-bond acceptors (Lipinski definition) is 4. The molecule has 2 heterocycles. The third-order valence-corrected chi connectivity index (χ3v) is 5.73. The standard InChI is InChI=1S/C27H18Cl2N2O3/c1-16-7-8-18(27-31-23-15-19(28)14-21(29)26(23)34-27)13-22(16)30-25(32)12-10-20-9-11-24(33-20)17-5-3-2-4-6-17/h2-15H,1H3,(H,30,32)/b12-10+. The minimum atomic E-state index is -0.287. The molecule has 0 aliphatic heterocycles.